The molecular formula is C33H36O6. The molecule has 4 aromatic carbocycles. The fourth-order valence-electron chi connectivity index (χ4n) is 4.47. The zero-order valence-corrected chi connectivity index (χ0v) is 23.3. The fraction of sp³-hybridized carbons (Fsp3) is 0.273. The lowest BCUT2D eigenvalue weighted by molar-refractivity contribution is 0.354. The third-order valence-corrected chi connectivity index (χ3v) is 6.66. The minimum absolute atomic E-state index is 0.635. The maximum Gasteiger partial charge on any atom is 0.169 e. The van der Waals surface area contributed by atoms with Crippen LogP contribution in [0.4, 0.5) is 0 Å². The van der Waals surface area contributed by atoms with Gasteiger partial charge in [-0.25, -0.2) is 0 Å². The molecule has 4 aromatic rings. The highest BCUT2D eigenvalue weighted by molar-refractivity contribution is 5.50. The van der Waals surface area contributed by atoms with Crippen molar-refractivity contribution in [1.29, 1.82) is 0 Å². The molecule has 0 aromatic heterocycles. The molecule has 0 bridgehead atoms. The Balaban J connectivity index is 1.46. The van der Waals surface area contributed by atoms with Gasteiger partial charge in [-0.3, -0.25) is 0 Å². The second kappa shape index (κ2) is 13.5. The van der Waals surface area contributed by atoms with Crippen LogP contribution in [-0.4, -0.2) is 35.5 Å². The van der Waals surface area contributed by atoms with Gasteiger partial charge < -0.3 is 28.4 Å². The van der Waals surface area contributed by atoms with Crippen molar-refractivity contribution in [3.63, 3.8) is 0 Å². The maximum atomic E-state index is 6.32. The number of hydrogen-bond acceptors (Lipinski definition) is 6. The first-order chi connectivity index (χ1) is 19.1. The topological polar surface area (TPSA) is 55.4 Å². The predicted octanol–water partition coefficient (Wildman–Crippen LogP) is 7.09. The van der Waals surface area contributed by atoms with E-state index in [0.717, 1.165) is 54.1 Å². The second-order valence-corrected chi connectivity index (χ2v) is 9.11. The molecule has 0 spiro atoms. The first-order valence-electron chi connectivity index (χ1n) is 12.9. The molecular weight excluding hydrogens is 492 g/mol. The van der Waals surface area contributed by atoms with E-state index in [1.54, 1.807) is 35.5 Å². The van der Waals surface area contributed by atoms with E-state index in [1.165, 1.54) is 11.1 Å². The number of methoxy groups -OCH3 is 5. The van der Waals surface area contributed by atoms with Crippen LogP contribution in [0, 0.1) is 0 Å². The lowest BCUT2D eigenvalue weighted by Gasteiger charge is -2.15. The van der Waals surface area contributed by atoms with Gasteiger partial charge in [-0.2, -0.15) is 0 Å². The average molecular weight is 529 g/mol. The molecule has 0 unspecified atom stereocenters. The van der Waals surface area contributed by atoms with Crippen molar-refractivity contribution < 1.29 is 28.4 Å². The average Bonchev–Trinajstić information content (AvgIpc) is 2.99. The Morgan fingerprint density at radius 3 is 1.33 bits per heavy atom. The maximum absolute atomic E-state index is 6.32. The Labute approximate surface area is 231 Å². The van der Waals surface area contributed by atoms with E-state index in [4.69, 9.17) is 28.4 Å². The van der Waals surface area contributed by atoms with Gasteiger partial charge in [0.15, 0.2) is 34.5 Å². The van der Waals surface area contributed by atoms with Crippen LogP contribution in [-0.2, 0) is 25.7 Å². The third kappa shape index (κ3) is 7.17. The highest BCUT2D eigenvalue weighted by Crippen LogP contribution is 2.38. The van der Waals surface area contributed by atoms with E-state index in [9.17, 15) is 0 Å². The van der Waals surface area contributed by atoms with Gasteiger partial charge in [-0.05, 0) is 96.5 Å². The van der Waals surface area contributed by atoms with Crippen LogP contribution in [0.15, 0.2) is 78.9 Å². The summed E-state index contributed by atoms with van der Waals surface area (Å²) in [6.45, 7) is 0. The van der Waals surface area contributed by atoms with Crippen LogP contribution in [0.5, 0.6) is 40.2 Å². The molecule has 0 aliphatic rings. The molecule has 0 aliphatic carbocycles. The van der Waals surface area contributed by atoms with Crippen LogP contribution in [0.25, 0.3) is 0 Å². The molecule has 0 heterocycles. The van der Waals surface area contributed by atoms with Gasteiger partial charge >= 0.3 is 0 Å². The van der Waals surface area contributed by atoms with Crippen molar-refractivity contribution in [3.8, 4) is 40.2 Å². The number of aryl methyl sites for hydroxylation is 4. The van der Waals surface area contributed by atoms with Gasteiger partial charge in [-0.1, -0.05) is 30.3 Å². The summed E-state index contributed by atoms with van der Waals surface area (Å²) in [5.74, 6) is 4.95. The molecule has 204 valence electrons. The van der Waals surface area contributed by atoms with Crippen molar-refractivity contribution in [2.75, 3.05) is 35.5 Å². The predicted molar refractivity (Wildman–Crippen MR) is 153 cm³/mol. The summed E-state index contributed by atoms with van der Waals surface area (Å²) < 4.78 is 33.7. The van der Waals surface area contributed by atoms with Crippen molar-refractivity contribution in [1.82, 2.24) is 0 Å². The van der Waals surface area contributed by atoms with Crippen molar-refractivity contribution in [2.45, 2.75) is 25.7 Å². The van der Waals surface area contributed by atoms with Gasteiger partial charge in [0.1, 0.15) is 5.75 Å². The Hall–Kier alpha value is -4.32. The number of benzene rings is 4. The van der Waals surface area contributed by atoms with Crippen molar-refractivity contribution in [2.24, 2.45) is 0 Å². The lowest BCUT2D eigenvalue weighted by atomic mass is 10.0. The van der Waals surface area contributed by atoms with E-state index in [1.807, 2.05) is 48.5 Å². The molecule has 0 amide bonds. The summed E-state index contributed by atoms with van der Waals surface area (Å²) in [6.07, 6.45) is 3.45. The van der Waals surface area contributed by atoms with Crippen LogP contribution in [0.3, 0.4) is 0 Å². The summed E-state index contributed by atoms with van der Waals surface area (Å²) in [4.78, 5) is 0. The molecule has 0 aliphatic heterocycles. The van der Waals surface area contributed by atoms with Crippen LogP contribution in [0.1, 0.15) is 22.3 Å². The number of hydrogen-bond donors (Lipinski definition) is 0. The molecule has 0 saturated carbocycles. The van der Waals surface area contributed by atoms with Gasteiger partial charge in [0.2, 0.25) is 0 Å². The molecule has 0 radical (unpaired) electrons. The normalized spacial score (nSPS) is 10.6. The van der Waals surface area contributed by atoms with Crippen LogP contribution in [0.2, 0.25) is 0 Å². The van der Waals surface area contributed by atoms with E-state index >= 15 is 0 Å². The smallest absolute Gasteiger partial charge is 0.169 e. The first-order valence-corrected chi connectivity index (χ1v) is 12.9. The van der Waals surface area contributed by atoms with E-state index < -0.39 is 0 Å². The van der Waals surface area contributed by atoms with Crippen molar-refractivity contribution >= 4 is 0 Å². The molecule has 0 fully saturated rings. The second-order valence-electron chi connectivity index (χ2n) is 9.11. The zero-order valence-electron chi connectivity index (χ0n) is 23.3. The van der Waals surface area contributed by atoms with Crippen molar-refractivity contribution in [3.05, 3.63) is 101 Å². The molecule has 39 heavy (non-hydrogen) atoms. The highest BCUT2D eigenvalue weighted by Gasteiger charge is 2.13. The number of ether oxygens (including phenoxy) is 6. The minimum atomic E-state index is 0.635. The molecule has 6 heteroatoms. The third-order valence-electron chi connectivity index (χ3n) is 6.66. The largest absolute Gasteiger partial charge is 0.497 e. The van der Waals surface area contributed by atoms with Gasteiger partial charge in [0, 0.05) is 0 Å². The summed E-state index contributed by atoms with van der Waals surface area (Å²) >= 11 is 0. The standard InChI is InChI=1S/C33H36O6/c1-34-27-8-6-7-23(19-27)9-10-26-14-17-29(36-3)33(22-26)39-30-18-15-25(21-32(30)38-5)12-11-24-13-16-28(35-2)31(20-24)37-4/h6-8,13-22H,9-12H2,1-5H3. The van der Waals surface area contributed by atoms with Gasteiger partial charge in [0.25, 0.3) is 0 Å². The Morgan fingerprint density at radius 2 is 0.821 bits per heavy atom. The van der Waals surface area contributed by atoms with E-state index in [-0.39, 0.29) is 0 Å². The Bertz CT molecular complexity index is 1380. The number of rotatable bonds is 13. The molecule has 0 atom stereocenters. The zero-order chi connectivity index (χ0) is 27.6. The van der Waals surface area contributed by atoms with Gasteiger partial charge in [0.05, 0.1) is 35.5 Å². The summed E-state index contributed by atoms with van der Waals surface area (Å²) in [5, 5.41) is 0. The highest BCUT2D eigenvalue weighted by atomic mass is 16.5. The summed E-state index contributed by atoms with van der Waals surface area (Å²) in [5.41, 5.74) is 4.69. The van der Waals surface area contributed by atoms with Crippen LogP contribution < -0.4 is 28.4 Å². The molecule has 6 nitrogen and oxygen atoms in total. The van der Waals surface area contributed by atoms with E-state index in [2.05, 4.69) is 30.3 Å². The first kappa shape index (κ1) is 27.7. The van der Waals surface area contributed by atoms with Gasteiger partial charge in [-0.15, -0.1) is 0 Å². The summed E-state index contributed by atoms with van der Waals surface area (Å²) in [6, 6.07) is 26.2. The molecule has 4 rings (SSSR count). The lowest BCUT2D eigenvalue weighted by Crippen LogP contribution is -1.98. The SMILES string of the molecule is COc1cccc(CCc2ccc(OC)c(Oc3ccc(CCc4ccc(OC)c(OC)c4)cc3OC)c2)c1. The monoisotopic (exact) mass is 528 g/mol. The Kier molecular flexibility index (Phi) is 9.57. The Morgan fingerprint density at radius 1 is 0.385 bits per heavy atom. The van der Waals surface area contributed by atoms with Crippen LogP contribution >= 0.6 is 0 Å². The quantitative estimate of drug-likeness (QED) is 0.185. The van der Waals surface area contributed by atoms with E-state index in [0.29, 0.717) is 23.0 Å². The fourth-order valence-corrected chi connectivity index (χ4v) is 4.47. The molecule has 0 saturated heterocycles. The molecule has 0 N–H and O–H groups in total. The summed E-state index contributed by atoms with van der Waals surface area (Å²) in [7, 11) is 8.28. The minimum Gasteiger partial charge on any atom is -0.497 e.